The van der Waals surface area contributed by atoms with Crippen molar-refractivity contribution in [3.8, 4) is 5.75 Å². The molecule has 1 heterocycles. The number of rotatable bonds is 5. The molecule has 0 spiro atoms. The minimum atomic E-state index is -1.67. The van der Waals surface area contributed by atoms with Gasteiger partial charge in [0.25, 0.3) is 0 Å². The number of benzene rings is 1. The predicted octanol–water partition coefficient (Wildman–Crippen LogP) is 6.15. The molecule has 4 heteroatoms. The van der Waals surface area contributed by atoms with E-state index in [1.165, 1.54) is 0 Å². The summed E-state index contributed by atoms with van der Waals surface area (Å²) < 4.78 is 17.8. The van der Waals surface area contributed by atoms with Crippen LogP contribution in [-0.2, 0) is 15.5 Å². The molecule has 0 fully saturated rings. The lowest BCUT2D eigenvalue weighted by Crippen LogP contribution is -2.07. The molecule has 1 atom stereocenters. The minimum absolute atomic E-state index is 0.541. The normalized spacial score (nSPS) is 20.9. The van der Waals surface area contributed by atoms with Crippen molar-refractivity contribution in [1.82, 2.24) is 0 Å². The van der Waals surface area contributed by atoms with E-state index in [0.717, 1.165) is 22.6 Å². The standard InChI is InChI=1S/C20H21O3P/c1-5-11-16-15-17-13-9-10-14-20(17)23-24(22-19(16)8-4)21-18(7-3)12-6-2/h5-14H,1-3,15H2,4H3/b16-11-,18-12+,19-8+. The van der Waals surface area contributed by atoms with Gasteiger partial charge in [-0.15, -0.1) is 0 Å². The van der Waals surface area contributed by atoms with Crippen molar-refractivity contribution in [1.29, 1.82) is 0 Å². The first-order valence-electron chi connectivity index (χ1n) is 7.57. The highest BCUT2D eigenvalue weighted by atomic mass is 31.2. The monoisotopic (exact) mass is 340 g/mol. The van der Waals surface area contributed by atoms with Gasteiger partial charge >= 0.3 is 8.60 Å². The van der Waals surface area contributed by atoms with Gasteiger partial charge in [-0.1, -0.05) is 56.2 Å². The summed E-state index contributed by atoms with van der Waals surface area (Å²) in [5, 5.41) is 0. The molecule has 3 nitrogen and oxygen atoms in total. The molecule has 124 valence electrons. The molecule has 1 aromatic rings. The van der Waals surface area contributed by atoms with Crippen LogP contribution in [0.1, 0.15) is 12.5 Å². The highest BCUT2D eigenvalue weighted by molar-refractivity contribution is 7.42. The number of fused-ring (bicyclic) bond motifs is 1. The first-order chi connectivity index (χ1) is 11.7. The van der Waals surface area contributed by atoms with Crippen molar-refractivity contribution in [3.63, 3.8) is 0 Å². The topological polar surface area (TPSA) is 27.7 Å². The third-order valence-electron chi connectivity index (χ3n) is 3.26. The van der Waals surface area contributed by atoms with Gasteiger partial charge in [0.15, 0.2) is 0 Å². The van der Waals surface area contributed by atoms with Gasteiger partial charge in [0.05, 0.1) is 0 Å². The van der Waals surface area contributed by atoms with Gasteiger partial charge in [0.1, 0.15) is 17.3 Å². The van der Waals surface area contributed by atoms with E-state index in [0.29, 0.717) is 12.2 Å². The first-order valence-corrected chi connectivity index (χ1v) is 8.66. The quantitative estimate of drug-likeness (QED) is 0.365. The van der Waals surface area contributed by atoms with Gasteiger partial charge in [-0.25, -0.2) is 0 Å². The van der Waals surface area contributed by atoms with E-state index in [2.05, 4.69) is 19.7 Å². The molecule has 0 N–H and O–H groups in total. The third kappa shape index (κ3) is 4.50. The molecule has 1 unspecified atom stereocenters. The van der Waals surface area contributed by atoms with E-state index in [4.69, 9.17) is 13.6 Å². The minimum Gasteiger partial charge on any atom is -0.409 e. The molecule has 1 aliphatic rings. The Kier molecular flexibility index (Phi) is 6.65. The zero-order valence-corrected chi connectivity index (χ0v) is 14.7. The van der Waals surface area contributed by atoms with E-state index in [1.807, 2.05) is 43.3 Å². The fourth-order valence-electron chi connectivity index (χ4n) is 2.17. The second-order valence-electron chi connectivity index (χ2n) is 4.87. The maximum Gasteiger partial charge on any atom is 0.530 e. The molecule has 0 saturated carbocycles. The van der Waals surface area contributed by atoms with Gasteiger partial charge in [-0.2, -0.15) is 0 Å². The van der Waals surface area contributed by atoms with E-state index in [9.17, 15) is 0 Å². The molecule has 2 rings (SSSR count). The van der Waals surface area contributed by atoms with Gasteiger partial charge in [0, 0.05) is 6.42 Å². The molecule has 1 aromatic carbocycles. The molecule has 0 aromatic heterocycles. The van der Waals surface area contributed by atoms with Crippen LogP contribution in [0.2, 0.25) is 0 Å². The van der Waals surface area contributed by atoms with Crippen LogP contribution in [0, 0.1) is 0 Å². The van der Waals surface area contributed by atoms with Crippen LogP contribution in [-0.4, -0.2) is 0 Å². The Morgan fingerprint density at radius 2 is 1.96 bits per heavy atom. The summed E-state index contributed by atoms with van der Waals surface area (Å²) in [5.41, 5.74) is 2.09. The molecule has 0 bridgehead atoms. The molecule has 24 heavy (non-hydrogen) atoms. The Labute approximate surface area is 144 Å². The van der Waals surface area contributed by atoms with Crippen molar-refractivity contribution in [2.24, 2.45) is 0 Å². The van der Waals surface area contributed by atoms with E-state index < -0.39 is 8.60 Å². The highest BCUT2D eigenvalue weighted by Gasteiger charge is 2.26. The Morgan fingerprint density at radius 1 is 1.17 bits per heavy atom. The van der Waals surface area contributed by atoms with Crippen LogP contribution in [0.25, 0.3) is 0 Å². The van der Waals surface area contributed by atoms with Crippen LogP contribution in [0.15, 0.2) is 97.5 Å². The van der Waals surface area contributed by atoms with Crippen LogP contribution in [0.5, 0.6) is 5.75 Å². The predicted molar refractivity (Wildman–Crippen MR) is 100 cm³/mol. The lowest BCUT2D eigenvalue weighted by atomic mass is 10.0. The number of para-hydroxylation sites is 1. The Balaban J connectivity index is 2.42. The van der Waals surface area contributed by atoms with Crippen molar-refractivity contribution >= 4 is 8.60 Å². The summed E-state index contributed by atoms with van der Waals surface area (Å²) in [6.07, 6.45) is 11.2. The lowest BCUT2D eigenvalue weighted by Gasteiger charge is -2.25. The summed E-state index contributed by atoms with van der Waals surface area (Å²) in [7, 11) is -1.67. The molecule has 0 aliphatic carbocycles. The second-order valence-corrected chi connectivity index (χ2v) is 5.87. The van der Waals surface area contributed by atoms with Gasteiger partial charge in [-0.3, -0.25) is 0 Å². The van der Waals surface area contributed by atoms with E-state index >= 15 is 0 Å². The van der Waals surface area contributed by atoms with Crippen molar-refractivity contribution < 1.29 is 13.6 Å². The largest absolute Gasteiger partial charge is 0.530 e. The summed E-state index contributed by atoms with van der Waals surface area (Å²) in [6.45, 7) is 13.1. The highest BCUT2D eigenvalue weighted by Crippen LogP contribution is 2.49. The second kappa shape index (κ2) is 8.95. The van der Waals surface area contributed by atoms with E-state index in [1.54, 1.807) is 24.3 Å². The number of hydrogen-bond acceptors (Lipinski definition) is 3. The average molecular weight is 340 g/mol. The maximum atomic E-state index is 5.98. The lowest BCUT2D eigenvalue weighted by molar-refractivity contribution is 0.295. The molecule has 0 amide bonds. The molecular weight excluding hydrogens is 319 g/mol. The van der Waals surface area contributed by atoms with Crippen molar-refractivity contribution in [2.75, 3.05) is 0 Å². The molecule has 0 radical (unpaired) electrons. The zero-order valence-electron chi connectivity index (χ0n) is 13.8. The molecule has 1 aliphatic heterocycles. The van der Waals surface area contributed by atoms with Crippen molar-refractivity contribution in [2.45, 2.75) is 13.3 Å². The summed E-state index contributed by atoms with van der Waals surface area (Å²) >= 11 is 0. The third-order valence-corrected chi connectivity index (χ3v) is 4.31. The van der Waals surface area contributed by atoms with Gasteiger partial charge in [-0.05, 0) is 42.4 Å². The number of hydrogen-bond donors (Lipinski definition) is 0. The fourth-order valence-corrected chi connectivity index (χ4v) is 3.31. The first kappa shape index (κ1) is 17.8. The average Bonchev–Trinajstić information content (AvgIpc) is 2.58. The van der Waals surface area contributed by atoms with Crippen LogP contribution in [0.4, 0.5) is 0 Å². The smallest absolute Gasteiger partial charge is 0.409 e. The van der Waals surface area contributed by atoms with Crippen LogP contribution in [0.3, 0.4) is 0 Å². The van der Waals surface area contributed by atoms with Crippen LogP contribution < -0.4 is 4.52 Å². The van der Waals surface area contributed by atoms with E-state index in [-0.39, 0.29) is 0 Å². The molecular formula is C20H21O3P. The van der Waals surface area contributed by atoms with Gasteiger partial charge < -0.3 is 13.6 Å². The Bertz CT molecular complexity index is 713. The SMILES string of the molecule is C=C/C=C1/Cc2ccccc2OP(O/C(C=C)=C/C=C)O/C1=C/C. The maximum absolute atomic E-state index is 5.98. The summed E-state index contributed by atoms with van der Waals surface area (Å²) in [6, 6.07) is 7.86. The van der Waals surface area contributed by atoms with Crippen molar-refractivity contribution in [3.05, 3.63) is 103 Å². The molecule has 0 saturated heterocycles. The van der Waals surface area contributed by atoms with Crippen LogP contribution >= 0.6 is 8.60 Å². The zero-order chi connectivity index (χ0) is 17.4. The Hall–Kier alpha value is -2.51. The number of allylic oxidation sites excluding steroid dienone is 7. The fraction of sp³-hybridized carbons (Fsp3) is 0.100. The summed E-state index contributed by atoms with van der Waals surface area (Å²) in [4.78, 5) is 0. The Morgan fingerprint density at radius 3 is 2.62 bits per heavy atom. The summed E-state index contributed by atoms with van der Waals surface area (Å²) in [5.74, 6) is 2.01. The van der Waals surface area contributed by atoms with Gasteiger partial charge in [0.2, 0.25) is 0 Å².